The summed E-state index contributed by atoms with van der Waals surface area (Å²) in [5.74, 6) is 0. The largest absolute Gasteiger partial charge is 0.326 e. The molecule has 1 aromatic carbocycles. The van der Waals surface area contributed by atoms with Gasteiger partial charge in [-0.15, -0.1) is 0 Å². The number of fused-ring (bicyclic) bond motifs is 1. The van der Waals surface area contributed by atoms with Crippen molar-refractivity contribution in [2.24, 2.45) is 5.73 Å². The fourth-order valence-electron chi connectivity index (χ4n) is 2.19. The van der Waals surface area contributed by atoms with Crippen LogP contribution in [0.2, 0.25) is 0 Å². The molecule has 2 N–H and O–H groups in total. The zero-order valence-electron chi connectivity index (χ0n) is 11.5. The third-order valence-corrected chi connectivity index (χ3v) is 3.17. The smallest absolute Gasteiger partial charge is 0.0702 e. The Balaban J connectivity index is 2.10. The summed E-state index contributed by atoms with van der Waals surface area (Å²) in [6.07, 6.45) is 5.19. The Labute approximate surface area is 109 Å². The van der Waals surface area contributed by atoms with Crippen molar-refractivity contribution in [3.63, 3.8) is 0 Å². The molecular weight excluding hydrogens is 220 g/mol. The highest BCUT2D eigenvalue weighted by Crippen LogP contribution is 2.18. The summed E-state index contributed by atoms with van der Waals surface area (Å²) in [7, 11) is 0. The molecule has 0 radical (unpaired) electrons. The highest BCUT2D eigenvalue weighted by molar-refractivity contribution is 5.79. The van der Waals surface area contributed by atoms with Gasteiger partial charge in [0.1, 0.15) is 0 Å². The van der Waals surface area contributed by atoms with Gasteiger partial charge in [-0.3, -0.25) is 4.98 Å². The lowest BCUT2D eigenvalue weighted by Gasteiger charge is -2.17. The van der Waals surface area contributed by atoms with Crippen LogP contribution in [0.3, 0.4) is 0 Å². The summed E-state index contributed by atoms with van der Waals surface area (Å²) < 4.78 is 0. The lowest BCUT2D eigenvalue weighted by molar-refractivity contribution is 0.459. The summed E-state index contributed by atoms with van der Waals surface area (Å²) in [5, 5.41) is 1.24. The summed E-state index contributed by atoms with van der Waals surface area (Å²) in [4.78, 5) is 4.42. The van der Waals surface area contributed by atoms with Crippen molar-refractivity contribution in [2.75, 3.05) is 0 Å². The molecule has 0 aliphatic heterocycles. The van der Waals surface area contributed by atoms with E-state index >= 15 is 0 Å². The second kappa shape index (κ2) is 5.07. The number of aromatic nitrogens is 1. The molecule has 0 bridgehead atoms. The Morgan fingerprint density at radius 1 is 1.22 bits per heavy atom. The van der Waals surface area contributed by atoms with Crippen LogP contribution in [0, 0.1) is 6.92 Å². The van der Waals surface area contributed by atoms with E-state index in [-0.39, 0.29) is 5.54 Å². The van der Waals surface area contributed by atoms with Crippen LogP contribution in [0.25, 0.3) is 10.9 Å². The second-order valence-electron chi connectivity index (χ2n) is 5.88. The number of hydrogen-bond donors (Lipinski definition) is 1. The molecule has 2 aromatic rings. The van der Waals surface area contributed by atoms with Crippen molar-refractivity contribution in [1.29, 1.82) is 0 Å². The van der Waals surface area contributed by atoms with E-state index in [1.54, 1.807) is 0 Å². The normalized spacial score (nSPS) is 12.0. The molecule has 0 aliphatic rings. The van der Waals surface area contributed by atoms with E-state index in [1.165, 1.54) is 16.5 Å². The average Bonchev–Trinajstić information content (AvgIpc) is 2.26. The van der Waals surface area contributed by atoms with Crippen molar-refractivity contribution in [3.05, 3.63) is 41.6 Å². The molecule has 0 saturated carbocycles. The molecule has 18 heavy (non-hydrogen) atoms. The highest BCUT2D eigenvalue weighted by atomic mass is 14.7. The van der Waals surface area contributed by atoms with Gasteiger partial charge in [0.05, 0.1) is 5.52 Å². The summed E-state index contributed by atoms with van der Waals surface area (Å²) in [6.45, 7) is 6.25. The third kappa shape index (κ3) is 3.54. The quantitative estimate of drug-likeness (QED) is 0.889. The van der Waals surface area contributed by atoms with Gasteiger partial charge in [0.2, 0.25) is 0 Å². The van der Waals surface area contributed by atoms with E-state index in [2.05, 4.69) is 50.0 Å². The maximum atomic E-state index is 6.00. The van der Waals surface area contributed by atoms with Crippen molar-refractivity contribution >= 4 is 10.9 Å². The van der Waals surface area contributed by atoms with Crippen molar-refractivity contribution < 1.29 is 0 Å². The van der Waals surface area contributed by atoms with E-state index in [1.807, 2.05) is 6.20 Å². The Hall–Kier alpha value is -1.41. The highest BCUT2D eigenvalue weighted by Gasteiger charge is 2.09. The molecule has 96 valence electrons. The minimum absolute atomic E-state index is 0.0605. The van der Waals surface area contributed by atoms with E-state index in [0.29, 0.717) is 0 Å². The maximum absolute atomic E-state index is 6.00. The van der Waals surface area contributed by atoms with Gasteiger partial charge >= 0.3 is 0 Å². The number of benzene rings is 1. The molecular formula is C16H22N2. The molecule has 0 unspecified atom stereocenters. The fourth-order valence-corrected chi connectivity index (χ4v) is 2.19. The van der Waals surface area contributed by atoms with E-state index in [4.69, 9.17) is 5.73 Å². The SMILES string of the molecule is Cc1cnc2ccc(CCCC(C)(C)N)cc2c1. The molecule has 0 aliphatic carbocycles. The number of nitrogens with zero attached hydrogens (tertiary/aromatic N) is 1. The lowest BCUT2D eigenvalue weighted by Crippen LogP contribution is -2.31. The van der Waals surface area contributed by atoms with Gasteiger partial charge in [-0.25, -0.2) is 0 Å². The van der Waals surface area contributed by atoms with E-state index < -0.39 is 0 Å². The minimum atomic E-state index is -0.0605. The van der Waals surface area contributed by atoms with Gasteiger partial charge in [0, 0.05) is 17.1 Å². The van der Waals surface area contributed by atoms with Gasteiger partial charge in [-0.1, -0.05) is 6.07 Å². The predicted molar refractivity (Wildman–Crippen MR) is 77.7 cm³/mol. The third-order valence-electron chi connectivity index (χ3n) is 3.17. The van der Waals surface area contributed by atoms with E-state index in [9.17, 15) is 0 Å². The first-order valence-electron chi connectivity index (χ1n) is 6.58. The van der Waals surface area contributed by atoms with Crippen LogP contribution < -0.4 is 5.73 Å². The number of pyridine rings is 1. The molecule has 2 heteroatoms. The monoisotopic (exact) mass is 242 g/mol. The molecule has 0 fully saturated rings. The minimum Gasteiger partial charge on any atom is -0.326 e. The summed E-state index contributed by atoms with van der Waals surface area (Å²) >= 11 is 0. The Morgan fingerprint density at radius 2 is 2.00 bits per heavy atom. The topological polar surface area (TPSA) is 38.9 Å². The van der Waals surface area contributed by atoms with Crippen LogP contribution in [0.4, 0.5) is 0 Å². The first-order chi connectivity index (χ1) is 8.44. The van der Waals surface area contributed by atoms with Crippen molar-refractivity contribution in [2.45, 2.75) is 45.6 Å². The van der Waals surface area contributed by atoms with Crippen LogP contribution in [0.1, 0.15) is 37.8 Å². The molecule has 0 amide bonds. The Morgan fingerprint density at radius 3 is 2.72 bits per heavy atom. The lowest BCUT2D eigenvalue weighted by atomic mass is 9.96. The van der Waals surface area contributed by atoms with Crippen LogP contribution in [-0.2, 0) is 6.42 Å². The zero-order chi connectivity index (χ0) is 13.2. The summed E-state index contributed by atoms with van der Waals surface area (Å²) in [5.41, 5.74) is 9.60. The van der Waals surface area contributed by atoms with Gasteiger partial charge in [0.15, 0.2) is 0 Å². The molecule has 1 aromatic heterocycles. The van der Waals surface area contributed by atoms with E-state index in [0.717, 1.165) is 24.8 Å². The van der Waals surface area contributed by atoms with Crippen LogP contribution >= 0.6 is 0 Å². The molecule has 0 atom stereocenters. The van der Waals surface area contributed by atoms with Gasteiger partial charge in [0.25, 0.3) is 0 Å². The molecule has 0 spiro atoms. The average molecular weight is 242 g/mol. The number of hydrogen-bond acceptors (Lipinski definition) is 2. The van der Waals surface area contributed by atoms with Gasteiger partial charge in [-0.05, 0) is 69.4 Å². The number of rotatable bonds is 4. The van der Waals surface area contributed by atoms with Gasteiger partial charge in [-0.2, -0.15) is 0 Å². The first-order valence-corrected chi connectivity index (χ1v) is 6.58. The standard InChI is InChI=1S/C16H22N2/c1-12-9-14-10-13(5-4-8-16(2,3)17)6-7-15(14)18-11-12/h6-7,9-11H,4-5,8,17H2,1-3H3. The summed E-state index contributed by atoms with van der Waals surface area (Å²) in [6, 6.07) is 8.73. The number of aryl methyl sites for hydroxylation is 2. The van der Waals surface area contributed by atoms with Crippen LogP contribution in [0.5, 0.6) is 0 Å². The molecule has 2 rings (SSSR count). The molecule has 1 heterocycles. The van der Waals surface area contributed by atoms with Crippen LogP contribution in [0.15, 0.2) is 30.5 Å². The van der Waals surface area contributed by atoms with Crippen molar-refractivity contribution in [3.8, 4) is 0 Å². The zero-order valence-corrected chi connectivity index (χ0v) is 11.5. The fraction of sp³-hybridized carbons (Fsp3) is 0.438. The first kappa shape index (κ1) is 13.0. The maximum Gasteiger partial charge on any atom is 0.0702 e. The van der Waals surface area contributed by atoms with Crippen LogP contribution in [-0.4, -0.2) is 10.5 Å². The van der Waals surface area contributed by atoms with Gasteiger partial charge < -0.3 is 5.73 Å². The predicted octanol–water partition coefficient (Wildman–Crippen LogP) is 3.60. The van der Waals surface area contributed by atoms with Crippen molar-refractivity contribution in [1.82, 2.24) is 4.98 Å². The Bertz CT molecular complexity index is 538. The second-order valence-corrected chi connectivity index (χ2v) is 5.88. The number of nitrogens with two attached hydrogens (primary N) is 1. The molecule has 2 nitrogen and oxygen atoms in total. The molecule has 0 saturated heterocycles. The Kier molecular flexibility index (Phi) is 3.67.